The van der Waals surface area contributed by atoms with Crippen molar-refractivity contribution >= 4 is 17.3 Å². The van der Waals surface area contributed by atoms with Crippen molar-refractivity contribution in [2.75, 3.05) is 0 Å². The van der Waals surface area contributed by atoms with Crippen LogP contribution in [0.5, 0.6) is 5.75 Å². The summed E-state index contributed by atoms with van der Waals surface area (Å²) >= 11 is 5.92. The van der Waals surface area contributed by atoms with Crippen LogP contribution in [0.3, 0.4) is 0 Å². The summed E-state index contributed by atoms with van der Waals surface area (Å²) in [6.07, 6.45) is 5.33. The minimum Gasteiger partial charge on any atom is -0.487 e. The smallest absolute Gasteiger partial charge is 0.142 e. The average molecular weight is 368 g/mol. The van der Waals surface area contributed by atoms with Crippen molar-refractivity contribution in [3.8, 4) is 5.75 Å². The van der Waals surface area contributed by atoms with Gasteiger partial charge in [0.05, 0.1) is 6.33 Å². The fourth-order valence-corrected chi connectivity index (χ4v) is 3.23. The van der Waals surface area contributed by atoms with Crippen molar-refractivity contribution in [2.45, 2.75) is 25.7 Å². The van der Waals surface area contributed by atoms with E-state index in [-0.39, 0.29) is 12.1 Å². The average Bonchev–Trinajstić information content (AvgIpc) is 3.17. The first kappa shape index (κ1) is 16.7. The maximum atomic E-state index is 6.08. The quantitative estimate of drug-likeness (QED) is 0.639. The van der Waals surface area contributed by atoms with Gasteiger partial charge in [-0.3, -0.25) is 0 Å². The third kappa shape index (κ3) is 3.30. The molecule has 0 radical (unpaired) electrons. The number of para-hydroxylation sites is 1. The molecule has 0 spiro atoms. The maximum absolute atomic E-state index is 6.08. The molecule has 132 valence electrons. The maximum Gasteiger partial charge on any atom is 0.142 e. The van der Waals surface area contributed by atoms with Gasteiger partial charge in [0.2, 0.25) is 0 Å². The molecule has 5 nitrogen and oxygen atoms in total. The molecule has 1 aromatic heterocycles. The van der Waals surface area contributed by atoms with Crippen LogP contribution in [-0.2, 0) is 11.4 Å². The summed E-state index contributed by atoms with van der Waals surface area (Å²) in [7, 11) is 0. The van der Waals surface area contributed by atoms with Gasteiger partial charge in [-0.05, 0) is 36.8 Å². The van der Waals surface area contributed by atoms with Crippen LogP contribution in [0.1, 0.15) is 24.1 Å². The zero-order valence-electron chi connectivity index (χ0n) is 14.2. The second-order valence-corrected chi connectivity index (χ2v) is 6.59. The Bertz CT molecular complexity index is 907. The van der Waals surface area contributed by atoms with Crippen LogP contribution in [0.2, 0.25) is 5.02 Å². The number of imidazole rings is 1. The van der Waals surface area contributed by atoms with Gasteiger partial charge in [0.15, 0.2) is 0 Å². The Morgan fingerprint density at radius 3 is 2.77 bits per heavy atom. The largest absolute Gasteiger partial charge is 0.487 e. The van der Waals surface area contributed by atoms with E-state index in [0.717, 1.165) is 22.6 Å². The Morgan fingerprint density at radius 1 is 1.19 bits per heavy atom. The predicted molar refractivity (Wildman–Crippen MR) is 101 cm³/mol. The van der Waals surface area contributed by atoms with E-state index in [1.807, 2.05) is 66.2 Å². The van der Waals surface area contributed by atoms with Crippen LogP contribution in [0.4, 0.5) is 0 Å². The van der Waals surface area contributed by atoms with Crippen LogP contribution in [0.25, 0.3) is 0 Å². The number of fused-ring (bicyclic) bond motifs is 1. The molecule has 0 fully saturated rings. The van der Waals surface area contributed by atoms with Crippen LogP contribution in [0, 0.1) is 0 Å². The van der Waals surface area contributed by atoms with Crippen LogP contribution in [-0.4, -0.2) is 21.4 Å². The van der Waals surface area contributed by atoms with Crippen LogP contribution >= 0.6 is 11.6 Å². The number of hydrogen-bond donors (Lipinski definition) is 0. The van der Waals surface area contributed by atoms with Gasteiger partial charge < -0.3 is 14.1 Å². The highest BCUT2D eigenvalue weighted by Crippen LogP contribution is 2.34. The van der Waals surface area contributed by atoms with Gasteiger partial charge in [-0.15, -0.1) is 0 Å². The van der Waals surface area contributed by atoms with E-state index in [2.05, 4.69) is 10.1 Å². The highest BCUT2D eigenvalue weighted by molar-refractivity contribution is 6.30. The normalized spacial score (nSPS) is 20.5. The number of nitrogens with zero attached hydrogens (tertiary/aromatic N) is 3. The van der Waals surface area contributed by atoms with Crippen molar-refractivity contribution in [1.29, 1.82) is 0 Å². The molecule has 0 saturated carbocycles. The molecule has 2 atom stereocenters. The summed E-state index contributed by atoms with van der Waals surface area (Å²) in [5.41, 5.74) is 2.76. The van der Waals surface area contributed by atoms with E-state index in [4.69, 9.17) is 21.2 Å². The summed E-state index contributed by atoms with van der Waals surface area (Å²) in [5, 5.41) is 5.19. The third-order valence-electron chi connectivity index (χ3n) is 4.35. The number of oxime groups is 1. The first-order valence-electron chi connectivity index (χ1n) is 8.40. The van der Waals surface area contributed by atoms with E-state index in [0.29, 0.717) is 11.6 Å². The number of halogens is 1. The number of ether oxygens (including phenoxy) is 1. The van der Waals surface area contributed by atoms with Crippen molar-refractivity contribution in [1.82, 2.24) is 9.55 Å². The molecule has 2 heterocycles. The fraction of sp³-hybridized carbons (Fsp3) is 0.200. The summed E-state index contributed by atoms with van der Waals surface area (Å²) in [5.74, 6) is 0.810. The highest BCUT2D eigenvalue weighted by atomic mass is 35.5. The molecular formula is C20H18ClN3O2. The minimum absolute atomic E-state index is 0.100. The van der Waals surface area contributed by atoms with E-state index in [1.54, 1.807) is 12.5 Å². The van der Waals surface area contributed by atoms with Gasteiger partial charge in [-0.2, -0.15) is 0 Å². The van der Waals surface area contributed by atoms with Gasteiger partial charge in [-0.25, -0.2) is 4.98 Å². The van der Waals surface area contributed by atoms with E-state index in [9.17, 15) is 0 Å². The Hall–Kier alpha value is -2.79. The Morgan fingerprint density at radius 2 is 2.00 bits per heavy atom. The second-order valence-electron chi connectivity index (χ2n) is 6.15. The first-order chi connectivity index (χ1) is 12.7. The molecule has 0 amide bonds. The van der Waals surface area contributed by atoms with Crippen molar-refractivity contribution in [3.05, 3.63) is 83.4 Å². The van der Waals surface area contributed by atoms with Gasteiger partial charge in [0.1, 0.15) is 30.2 Å². The van der Waals surface area contributed by atoms with Crippen molar-refractivity contribution in [3.63, 3.8) is 0 Å². The van der Waals surface area contributed by atoms with Crippen molar-refractivity contribution in [2.24, 2.45) is 5.16 Å². The SMILES string of the molecule is C[C@@H]1Oc2ccccc2/C(=N/OCc2ccc(Cl)cc2)[C@H]1n1ccnc1. The van der Waals surface area contributed by atoms with E-state index < -0.39 is 0 Å². The second kappa shape index (κ2) is 7.22. The summed E-state index contributed by atoms with van der Waals surface area (Å²) in [4.78, 5) is 9.85. The van der Waals surface area contributed by atoms with Gasteiger partial charge >= 0.3 is 0 Å². The standard InChI is InChI=1S/C20H18ClN3O2/c1-14-20(24-11-10-22-13-24)19(17-4-2-3-5-18(17)26-14)23-25-12-15-6-8-16(21)9-7-15/h2-11,13-14,20H,12H2,1H3/b23-19-/t14-,20-/m0/s1. The molecule has 6 heteroatoms. The molecule has 1 aliphatic heterocycles. The molecule has 2 aromatic carbocycles. The van der Waals surface area contributed by atoms with Crippen molar-refractivity contribution < 1.29 is 9.57 Å². The van der Waals surface area contributed by atoms with Crippen LogP contribution in [0.15, 0.2) is 72.4 Å². The van der Waals surface area contributed by atoms with E-state index >= 15 is 0 Å². The molecule has 26 heavy (non-hydrogen) atoms. The third-order valence-corrected chi connectivity index (χ3v) is 4.61. The van der Waals surface area contributed by atoms with Gasteiger partial charge in [0.25, 0.3) is 0 Å². The zero-order chi connectivity index (χ0) is 17.9. The zero-order valence-corrected chi connectivity index (χ0v) is 15.0. The molecule has 0 bridgehead atoms. The van der Waals surface area contributed by atoms with E-state index in [1.165, 1.54) is 0 Å². The Balaban J connectivity index is 1.65. The molecule has 0 saturated heterocycles. The topological polar surface area (TPSA) is 48.6 Å². The summed E-state index contributed by atoms with van der Waals surface area (Å²) in [6, 6.07) is 15.3. The first-order valence-corrected chi connectivity index (χ1v) is 8.78. The molecule has 4 rings (SSSR count). The lowest BCUT2D eigenvalue weighted by atomic mass is 9.95. The number of aromatic nitrogens is 2. The number of hydrogen-bond acceptors (Lipinski definition) is 4. The molecular weight excluding hydrogens is 350 g/mol. The molecule has 3 aromatic rings. The predicted octanol–water partition coefficient (Wildman–Crippen LogP) is 4.48. The lowest BCUT2D eigenvalue weighted by Crippen LogP contribution is -2.37. The van der Waals surface area contributed by atoms with Crippen LogP contribution < -0.4 is 4.74 Å². The van der Waals surface area contributed by atoms with Gasteiger partial charge in [0, 0.05) is 23.0 Å². The molecule has 0 unspecified atom stereocenters. The number of benzene rings is 2. The van der Waals surface area contributed by atoms with Gasteiger partial charge in [-0.1, -0.05) is 41.0 Å². The lowest BCUT2D eigenvalue weighted by molar-refractivity contribution is 0.122. The fourth-order valence-electron chi connectivity index (χ4n) is 3.11. The summed E-state index contributed by atoms with van der Waals surface area (Å²) < 4.78 is 8.07. The Kier molecular flexibility index (Phi) is 4.63. The lowest BCUT2D eigenvalue weighted by Gasteiger charge is -2.33. The molecule has 0 N–H and O–H groups in total. The monoisotopic (exact) mass is 367 g/mol. The highest BCUT2D eigenvalue weighted by Gasteiger charge is 2.34. The summed E-state index contributed by atoms with van der Waals surface area (Å²) in [6.45, 7) is 2.39. The number of rotatable bonds is 4. The molecule has 1 aliphatic rings. The Labute approximate surface area is 156 Å². The minimum atomic E-state index is -0.113. The molecule has 0 aliphatic carbocycles.